The number of fused-ring (bicyclic) bond motifs is 1. The van der Waals surface area contributed by atoms with Crippen LogP contribution < -0.4 is 5.32 Å². The van der Waals surface area contributed by atoms with Gasteiger partial charge < -0.3 is 34.3 Å². The zero-order valence-electron chi connectivity index (χ0n) is 16.9. The van der Waals surface area contributed by atoms with Crippen LogP contribution in [-0.4, -0.2) is 79.1 Å². The van der Waals surface area contributed by atoms with Gasteiger partial charge in [-0.25, -0.2) is 15.0 Å². The number of hydrogen-bond donors (Lipinski definition) is 3. The van der Waals surface area contributed by atoms with Crippen molar-refractivity contribution in [1.29, 1.82) is 0 Å². The first-order valence-corrected chi connectivity index (χ1v) is 10.1. The van der Waals surface area contributed by atoms with Crippen LogP contribution in [0.4, 0.5) is 5.82 Å². The molecule has 166 valence electrons. The van der Waals surface area contributed by atoms with E-state index in [9.17, 15) is 10.2 Å². The normalized spacial score (nSPS) is 28.5. The zero-order chi connectivity index (χ0) is 21.4. The van der Waals surface area contributed by atoms with Gasteiger partial charge in [0.15, 0.2) is 23.2 Å². The molecule has 5 atom stereocenters. The number of hydrogen-bond acceptors (Lipinski definition) is 11. The predicted octanol–water partition coefficient (Wildman–Crippen LogP) is 0.160. The molecule has 2 aliphatic heterocycles. The third kappa shape index (κ3) is 4.00. The molecule has 2 unspecified atom stereocenters. The van der Waals surface area contributed by atoms with Crippen molar-refractivity contribution in [2.45, 2.75) is 50.5 Å². The molecule has 12 heteroatoms. The van der Waals surface area contributed by atoms with E-state index in [2.05, 4.69) is 25.4 Å². The second kappa shape index (κ2) is 8.48. The third-order valence-electron chi connectivity index (χ3n) is 5.45. The van der Waals surface area contributed by atoms with Crippen LogP contribution in [-0.2, 0) is 20.8 Å². The Kier molecular flexibility index (Phi) is 5.54. The number of nitrogens with one attached hydrogen (secondary N) is 1. The maximum Gasteiger partial charge on any atom is 0.167 e. The van der Waals surface area contributed by atoms with Crippen molar-refractivity contribution in [3.63, 3.8) is 0 Å². The fourth-order valence-corrected chi connectivity index (χ4v) is 3.85. The highest BCUT2D eigenvalue weighted by molar-refractivity contribution is 5.82. The molecule has 2 saturated heterocycles. The van der Waals surface area contributed by atoms with Crippen LogP contribution in [0.2, 0.25) is 0 Å². The molecule has 0 aromatic carbocycles. The Morgan fingerprint density at radius 1 is 1.26 bits per heavy atom. The molecule has 3 aromatic rings. The first-order valence-electron chi connectivity index (χ1n) is 10.1. The molecule has 5 heterocycles. The highest BCUT2D eigenvalue weighted by Gasteiger charge is 2.44. The van der Waals surface area contributed by atoms with Gasteiger partial charge in [0.1, 0.15) is 36.1 Å². The summed E-state index contributed by atoms with van der Waals surface area (Å²) in [6.45, 7) is 3.41. The molecular weight excluding hydrogens is 408 g/mol. The third-order valence-corrected chi connectivity index (χ3v) is 5.45. The number of aryl methyl sites for hydroxylation is 1. The van der Waals surface area contributed by atoms with E-state index >= 15 is 0 Å². The Labute approximate surface area is 177 Å². The minimum atomic E-state index is -1.17. The van der Waals surface area contributed by atoms with Gasteiger partial charge in [-0.2, -0.15) is 0 Å². The van der Waals surface area contributed by atoms with Gasteiger partial charge in [-0.05, 0) is 13.3 Å². The topological polar surface area (TPSA) is 150 Å². The lowest BCUT2D eigenvalue weighted by molar-refractivity contribution is -0.0687. The molecule has 12 nitrogen and oxygen atoms in total. The molecule has 0 bridgehead atoms. The summed E-state index contributed by atoms with van der Waals surface area (Å²) in [5, 5.41) is 28.2. The maximum atomic E-state index is 10.6. The van der Waals surface area contributed by atoms with Crippen LogP contribution in [0, 0.1) is 6.92 Å². The van der Waals surface area contributed by atoms with E-state index in [4.69, 9.17) is 18.7 Å². The Morgan fingerprint density at radius 2 is 2.16 bits per heavy atom. The summed E-state index contributed by atoms with van der Waals surface area (Å²) in [5.74, 6) is 1.28. The smallest absolute Gasteiger partial charge is 0.167 e. The lowest BCUT2D eigenvalue weighted by Crippen LogP contribution is -2.33. The van der Waals surface area contributed by atoms with Crippen LogP contribution in [0.5, 0.6) is 0 Å². The molecular formula is C19H24N6O6. The molecule has 31 heavy (non-hydrogen) atoms. The van der Waals surface area contributed by atoms with Crippen LogP contribution in [0.1, 0.15) is 24.1 Å². The Morgan fingerprint density at radius 3 is 2.94 bits per heavy atom. The van der Waals surface area contributed by atoms with Gasteiger partial charge >= 0.3 is 0 Å². The molecule has 2 fully saturated rings. The lowest BCUT2D eigenvalue weighted by atomic mass is 10.1. The number of rotatable bonds is 7. The second-order valence-electron chi connectivity index (χ2n) is 7.74. The van der Waals surface area contributed by atoms with E-state index in [1.54, 1.807) is 17.6 Å². The lowest BCUT2D eigenvalue weighted by Gasteiger charge is -2.17. The van der Waals surface area contributed by atoms with Gasteiger partial charge in [0.05, 0.1) is 32.2 Å². The van der Waals surface area contributed by atoms with Crippen molar-refractivity contribution in [3.8, 4) is 0 Å². The van der Waals surface area contributed by atoms with Crippen molar-refractivity contribution >= 4 is 17.0 Å². The molecule has 0 radical (unpaired) electrons. The van der Waals surface area contributed by atoms with Crippen LogP contribution in [0.25, 0.3) is 11.2 Å². The minimum absolute atomic E-state index is 0.0801. The fourth-order valence-electron chi connectivity index (χ4n) is 3.85. The van der Waals surface area contributed by atoms with E-state index in [1.807, 2.05) is 0 Å². The van der Waals surface area contributed by atoms with E-state index in [-0.39, 0.29) is 19.3 Å². The van der Waals surface area contributed by atoms with Gasteiger partial charge in [-0.1, -0.05) is 5.16 Å². The van der Waals surface area contributed by atoms with Gasteiger partial charge in [-0.3, -0.25) is 4.57 Å². The highest BCUT2D eigenvalue weighted by atomic mass is 16.6. The maximum absolute atomic E-state index is 10.6. The molecule has 0 amide bonds. The number of nitrogens with zero attached hydrogens (tertiary/aromatic N) is 5. The standard InChI is InChI=1S/C19H24N6O6/c1-10-4-12(24-31-10)6-29-7-13-15(26)16(27)19(30-13)25-9-22-14-17(20-8-21-18(14)25)23-11-2-3-28-5-11/h4,8-9,11,13,15-16,19,26-27H,2-3,5-7H2,1H3,(H,20,21,23)/t11?,13-,15-,16-,19?/m1/s1. The van der Waals surface area contributed by atoms with E-state index in [0.717, 1.165) is 6.42 Å². The van der Waals surface area contributed by atoms with Crippen molar-refractivity contribution in [3.05, 3.63) is 30.2 Å². The average molecular weight is 432 g/mol. The number of aliphatic hydroxyl groups is 2. The summed E-state index contributed by atoms with van der Waals surface area (Å²) in [4.78, 5) is 13.0. The Bertz CT molecular complexity index is 1030. The minimum Gasteiger partial charge on any atom is -0.387 e. The van der Waals surface area contributed by atoms with Crippen LogP contribution in [0.3, 0.4) is 0 Å². The molecule has 0 saturated carbocycles. The SMILES string of the molecule is Cc1cc(COC[C@H]2OC(n3cnc4c(NC5CCOC5)ncnc43)[C@H](O)[C@@H]2O)no1. The molecule has 5 rings (SSSR count). The first kappa shape index (κ1) is 20.3. The highest BCUT2D eigenvalue weighted by Crippen LogP contribution is 2.32. The Balaban J connectivity index is 1.29. The number of aromatic nitrogens is 5. The molecule has 3 aromatic heterocycles. The van der Waals surface area contributed by atoms with Gasteiger partial charge in [-0.15, -0.1) is 0 Å². The van der Waals surface area contributed by atoms with Gasteiger partial charge in [0.2, 0.25) is 0 Å². The summed E-state index contributed by atoms with van der Waals surface area (Å²) in [6, 6.07) is 1.93. The van der Waals surface area contributed by atoms with Crippen molar-refractivity contribution in [1.82, 2.24) is 24.7 Å². The van der Waals surface area contributed by atoms with Crippen molar-refractivity contribution in [2.24, 2.45) is 0 Å². The summed E-state index contributed by atoms with van der Waals surface area (Å²) < 4.78 is 23.5. The second-order valence-corrected chi connectivity index (χ2v) is 7.74. The summed E-state index contributed by atoms with van der Waals surface area (Å²) >= 11 is 0. The van der Waals surface area contributed by atoms with Crippen LogP contribution >= 0.6 is 0 Å². The Hall–Kier alpha value is -2.64. The van der Waals surface area contributed by atoms with Crippen molar-refractivity contribution < 1.29 is 28.9 Å². The monoisotopic (exact) mass is 432 g/mol. The first-order chi connectivity index (χ1) is 15.1. The molecule has 0 aliphatic carbocycles. The fraction of sp³-hybridized carbons (Fsp3) is 0.579. The van der Waals surface area contributed by atoms with Crippen molar-refractivity contribution in [2.75, 3.05) is 25.1 Å². The van der Waals surface area contributed by atoms with Gasteiger partial charge in [0.25, 0.3) is 0 Å². The van der Waals surface area contributed by atoms with Crippen LogP contribution in [0.15, 0.2) is 23.2 Å². The molecule has 2 aliphatic rings. The van der Waals surface area contributed by atoms with E-state index in [0.29, 0.717) is 41.6 Å². The summed E-state index contributed by atoms with van der Waals surface area (Å²) in [7, 11) is 0. The van der Waals surface area contributed by atoms with Gasteiger partial charge in [0, 0.05) is 12.7 Å². The van der Waals surface area contributed by atoms with E-state index < -0.39 is 24.5 Å². The number of ether oxygens (including phenoxy) is 3. The number of imidazole rings is 1. The zero-order valence-corrected chi connectivity index (χ0v) is 16.9. The largest absolute Gasteiger partial charge is 0.387 e. The number of anilines is 1. The molecule has 3 N–H and O–H groups in total. The quantitative estimate of drug-likeness (QED) is 0.468. The van der Waals surface area contributed by atoms with E-state index in [1.165, 1.54) is 12.7 Å². The molecule has 0 spiro atoms. The summed E-state index contributed by atoms with van der Waals surface area (Å²) in [6.07, 6.45) is -0.0417. The summed E-state index contributed by atoms with van der Waals surface area (Å²) in [5.41, 5.74) is 1.69. The average Bonchev–Trinajstić information content (AvgIpc) is 3.54. The number of aliphatic hydroxyl groups excluding tert-OH is 2. The predicted molar refractivity (Wildman–Crippen MR) is 105 cm³/mol.